The number of nitrogens with one attached hydrogen (secondary N) is 1. The van der Waals surface area contributed by atoms with Gasteiger partial charge < -0.3 is 11.1 Å². The van der Waals surface area contributed by atoms with Gasteiger partial charge in [0, 0.05) is 5.02 Å². The molecule has 2 atom stereocenters. The van der Waals surface area contributed by atoms with Gasteiger partial charge >= 0.3 is 0 Å². The minimum Gasteiger partial charge on any atom is -0.348 e. The number of carbonyl (C=O) groups is 1. The van der Waals surface area contributed by atoms with Crippen LogP contribution in [0.4, 0.5) is 0 Å². The number of halogens is 1. The van der Waals surface area contributed by atoms with Crippen molar-refractivity contribution in [3.8, 4) is 0 Å². The van der Waals surface area contributed by atoms with Gasteiger partial charge in [-0.05, 0) is 36.6 Å². The fourth-order valence-electron chi connectivity index (χ4n) is 2.14. The van der Waals surface area contributed by atoms with Crippen LogP contribution in [0.2, 0.25) is 5.02 Å². The summed E-state index contributed by atoms with van der Waals surface area (Å²) in [7, 11) is 0. The number of amides is 1. The Balaban J connectivity index is 1.94. The number of rotatable bonds is 5. The van der Waals surface area contributed by atoms with Gasteiger partial charge in [0.1, 0.15) is 0 Å². The molecule has 0 saturated heterocycles. The second-order valence-corrected chi connectivity index (χ2v) is 5.52. The maximum Gasteiger partial charge on any atom is 0.237 e. The molecule has 0 saturated carbocycles. The largest absolute Gasteiger partial charge is 0.348 e. The highest BCUT2D eigenvalue weighted by Gasteiger charge is 2.17. The number of nitrogens with two attached hydrogens (primary N) is 1. The quantitative estimate of drug-likeness (QED) is 0.892. The molecular formula is C17H19ClN2O. The third kappa shape index (κ3) is 4.59. The molecule has 2 aromatic rings. The van der Waals surface area contributed by atoms with Crippen molar-refractivity contribution in [1.82, 2.24) is 5.32 Å². The highest BCUT2D eigenvalue weighted by Crippen LogP contribution is 2.17. The molecule has 0 radical (unpaired) electrons. The van der Waals surface area contributed by atoms with Gasteiger partial charge in [-0.25, -0.2) is 0 Å². The average Bonchev–Trinajstić information content (AvgIpc) is 2.48. The summed E-state index contributed by atoms with van der Waals surface area (Å²) in [5, 5.41) is 3.58. The van der Waals surface area contributed by atoms with Gasteiger partial charge in [-0.2, -0.15) is 0 Å². The van der Waals surface area contributed by atoms with Crippen LogP contribution in [0, 0.1) is 0 Å². The Kier molecular flexibility index (Phi) is 5.37. The smallest absolute Gasteiger partial charge is 0.237 e. The lowest BCUT2D eigenvalue weighted by Gasteiger charge is -2.18. The van der Waals surface area contributed by atoms with Crippen LogP contribution in [-0.2, 0) is 11.2 Å². The first-order valence-corrected chi connectivity index (χ1v) is 7.29. The summed E-state index contributed by atoms with van der Waals surface area (Å²) >= 11 is 5.96. The normalized spacial score (nSPS) is 13.5. The van der Waals surface area contributed by atoms with Crippen molar-refractivity contribution in [1.29, 1.82) is 0 Å². The van der Waals surface area contributed by atoms with E-state index in [2.05, 4.69) is 5.32 Å². The first-order chi connectivity index (χ1) is 10.1. The summed E-state index contributed by atoms with van der Waals surface area (Å²) in [6.45, 7) is 1.92. The van der Waals surface area contributed by atoms with Gasteiger partial charge in [-0.15, -0.1) is 0 Å². The van der Waals surface area contributed by atoms with Crippen LogP contribution in [0.3, 0.4) is 0 Å². The molecule has 0 aromatic heterocycles. The predicted molar refractivity (Wildman–Crippen MR) is 86.1 cm³/mol. The second-order valence-electron chi connectivity index (χ2n) is 5.08. The summed E-state index contributed by atoms with van der Waals surface area (Å²) in [6.07, 6.45) is 0.523. The van der Waals surface area contributed by atoms with Crippen LogP contribution in [0.5, 0.6) is 0 Å². The van der Waals surface area contributed by atoms with E-state index in [1.807, 2.05) is 55.5 Å². The predicted octanol–water partition coefficient (Wildman–Crippen LogP) is 3.09. The summed E-state index contributed by atoms with van der Waals surface area (Å²) in [6, 6.07) is 16.5. The molecular weight excluding hydrogens is 284 g/mol. The minimum absolute atomic E-state index is 0.127. The van der Waals surface area contributed by atoms with Crippen molar-refractivity contribution in [2.75, 3.05) is 0 Å². The Morgan fingerprint density at radius 3 is 2.57 bits per heavy atom. The number of hydrogen-bond donors (Lipinski definition) is 2. The molecule has 2 aromatic carbocycles. The maximum absolute atomic E-state index is 12.1. The van der Waals surface area contributed by atoms with Crippen LogP contribution in [0.1, 0.15) is 24.1 Å². The molecule has 1 amide bonds. The third-order valence-electron chi connectivity index (χ3n) is 3.34. The van der Waals surface area contributed by atoms with Crippen LogP contribution >= 0.6 is 11.6 Å². The van der Waals surface area contributed by atoms with E-state index in [0.29, 0.717) is 11.4 Å². The number of hydrogen-bond acceptors (Lipinski definition) is 2. The van der Waals surface area contributed by atoms with E-state index < -0.39 is 6.04 Å². The average molecular weight is 303 g/mol. The van der Waals surface area contributed by atoms with E-state index in [4.69, 9.17) is 17.3 Å². The molecule has 0 aliphatic heterocycles. The molecule has 4 heteroatoms. The van der Waals surface area contributed by atoms with Gasteiger partial charge in [0.15, 0.2) is 0 Å². The molecule has 0 heterocycles. The second kappa shape index (κ2) is 7.25. The van der Waals surface area contributed by atoms with Crippen LogP contribution in [0.25, 0.3) is 0 Å². The van der Waals surface area contributed by atoms with Crippen LogP contribution in [0.15, 0.2) is 54.6 Å². The fraction of sp³-hybridized carbons (Fsp3) is 0.235. The molecule has 0 bridgehead atoms. The van der Waals surface area contributed by atoms with E-state index in [9.17, 15) is 4.79 Å². The molecule has 21 heavy (non-hydrogen) atoms. The minimum atomic E-state index is -0.561. The summed E-state index contributed by atoms with van der Waals surface area (Å²) < 4.78 is 0. The SMILES string of the molecule is C[C@@H](NC(=O)C(N)Cc1ccccc1)c1cccc(Cl)c1. The van der Waals surface area contributed by atoms with Crippen molar-refractivity contribution < 1.29 is 4.79 Å². The summed E-state index contributed by atoms with van der Waals surface area (Å²) in [5.41, 5.74) is 7.98. The molecule has 3 N–H and O–H groups in total. The first kappa shape index (κ1) is 15.5. The lowest BCUT2D eigenvalue weighted by Crippen LogP contribution is -2.42. The Labute approximate surface area is 130 Å². The highest BCUT2D eigenvalue weighted by molar-refractivity contribution is 6.30. The molecule has 0 aliphatic rings. The van der Waals surface area contributed by atoms with Gasteiger partial charge in [0.25, 0.3) is 0 Å². The molecule has 110 valence electrons. The van der Waals surface area contributed by atoms with E-state index in [1.54, 1.807) is 6.07 Å². The van der Waals surface area contributed by atoms with E-state index in [1.165, 1.54) is 0 Å². The monoisotopic (exact) mass is 302 g/mol. The summed E-state index contributed by atoms with van der Waals surface area (Å²) in [5.74, 6) is -0.161. The fourth-order valence-corrected chi connectivity index (χ4v) is 2.34. The van der Waals surface area contributed by atoms with E-state index in [0.717, 1.165) is 11.1 Å². The number of benzene rings is 2. The zero-order chi connectivity index (χ0) is 15.2. The Morgan fingerprint density at radius 1 is 1.19 bits per heavy atom. The molecule has 2 rings (SSSR count). The maximum atomic E-state index is 12.1. The Morgan fingerprint density at radius 2 is 1.90 bits per heavy atom. The van der Waals surface area contributed by atoms with Gasteiger partial charge in [-0.1, -0.05) is 54.1 Å². The van der Waals surface area contributed by atoms with Gasteiger partial charge in [0.05, 0.1) is 12.1 Å². The van der Waals surface area contributed by atoms with Crippen molar-refractivity contribution in [2.45, 2.75) is 25.4 Å². The number of carbonyl (C=O) groups excluding carboxylic acids is 1. The van der Waals surface area contributed by atoms with Crippen molar-refractivity contribution in [3.63, 3.8) is 0 Å². The zero-order valence-electron chi connectivity index (χ0n) is 11.9. The molecule has 0 fully saturated rings. The van der Waals surface area contributed by atoms with Crippen molar-refractivity contribution >= 4 is 17.5 Å². The third-order valence-corrected chi connectivity index (χ3v) is 3.58. The molecule has 3 nitrogen and oxygen atoms in total. The van der Waals surface area contributed by atoms with Crippen LogP contribution in [-0.4, -0.2) is 11.9 Å². The molecule has 0 aliphatic carbocycles. The van der Waals surface area contributed by atoms with Crippen molar-refractivity contribution in [3.05, 3.63) is 70.7 Å². The van der Waals surface area contributed by atoms with E-state index in [-0.39, 0.29) is 11.9 Å². The summed E-state index contributed by atoms with van der Waals surface area (Å²) in [4.78, 5) is 12.1. The lowest BCUT2D eigenvalue weighted by molar-refractivity contribution is -0.123. The highest BCUT2D eigenvalue weighted by atomic mass is 35.5. The van der Waals surface area contributed by atoms with Crippen molar-refractivity contribution in [2.24, 2.45) is 5.73 Å². The van der Waals surface area contributed by atoms with Gasteiger partial charge in [-0.3, -0.25) is 4.79 Å². The Hall–Kier alpha value is -1.84. The van der Waals surface area contributed by atoms with Crippen LogP contribution < -0.4 is 11.1 Å². The zero-order valence-corrected chi connectivity index (χ0v) is 12.7. The lowest BCUT2D eigenvalue weighted by atomic mass is 10.0. The molecule has 0 spiro atoms. The molecule has 1 unspecified atom stereocenters. The van der Waals surface area contributed by atoms with E-state index >= 15 is 0 Å². The topological polar surface area (TPSA) is 55.1 Å². The first-order valence-electron chi connectivity index (χ1n) is 6.91. The standard InChI is InChI=1S/C17H19ClN2O/c1-12(14-8-5-9-15(18)11-14)20-17(21)16(19)10-13-6-3-2-4-7-13/h2-9,11-12,16H,10,19H2,1H3,(H,20,21)/t12-,16?/m1/s1. The Bertz CT molecular complexity index is 601. The van der Waals surface area contributed by atoms with Gasteiger partial charge in [0.2, 0.25) is 5.91 Å².